The van der Waals surface area contributed by atoms with E-state index in [0.717, 1.165) is 5.56 Å². The molecule has 0 radical (unpaired) electrons. The van der Waals surface area contributed by atoms with Gasteiger partial charge in [-0.15, -0.1) is 0 Å². The summed E-state index contributed by atoms with van der Waals surface area (Å²) in [5.41, 5.74) is 1.58. The van der Waals surface area contributed by atoms with E-state index < -0.39 is 0 Å². The van der Waals surface area contributed by atoms with Crippen LogP contribution in [0.25, 0.3) is 0 Å². The molecule has 64 valence electrons. The molecule has 4 heteroatoms. The average Bonchev–Trinajstić information content (AvgIpc) is 2.10. The maximum Gasteiger partial charge on any atom is 0.240 e. The van der Waals surface area contributed by atoms with Crippen molar-refractivity contribution in [1.29, 1.82) is 0 Å². The number of aliphatic imine (C=N–C) groups is 2. The Morgan fingerprint density at radius 3 is 2.31 bits per heavy atom. The van der Waals surface area contributed by atoms with Gasteiger partial charge in [0.2, 0.25) is 12.2 Å². The van der Waals surface area contributed by atoms with Gasteiger partial charge in [0.05, 0.1) is 0 Å². The molecule has 0 aliphatic rings. The lowest BCUT2D eigenvalue weighted by Gasteiger charge is -1.96. The zero-order chi connectivity index (χ0) is 9.68. The highest BCUT2D eigenvalue weighted by Crippen LogP contribution is 2.27. The third-order valence-electron chi connectivity index (χ3n) is 1.46. The minimum Gasteiger partial charge on any atom is -0.211 e. The Kier molecular flexibility index (Phi) is 2.87. The van der Waals surface area contributed by atoms with Crippen LogP contribution in [-0.4, -0.2) is 12.2 Å². The van der Waals surface area contributed by atoms with E-state index in [4.69, 9.17) is 0 Å². The molecule has 0 amide bonds. The summed E-state index contributed by atoms with van der Waals surface area (Å²) in [7, 11) is 0. The molecule has 0 atom stereocenters. The lowest BCUT2D eigenvalue weighted by molar-refractivity contribution is 0.564. The number of benzene rings is 1. The molecular formula is C9H6N2O2. The fraction of sp³-hybridized carbons (Fsp3) is 0.111. The summed E-state index contributed by atoms with van der Waals surface area (Å²) in [4.78, 5) is 26.8. The van der Waals surface area contributed by atoms with Crippen LogP contribution in [0.5, 0.6) is 0 Å². The molecule has 13 heavy (non-hydrogen) atoms. The average molecular weight is 174 g/mol. The van der Waals surface area contributed by atoms with Crippen molar-refractivity contribution in [2.75, 3.05) is 0 Å². The molecule has 0 aliphatic carbocycles. The summed E-state index contributed by atoms with van der Waals surface area (Å²) < 4.78 is 0. The monoisotopic (exact) mass is 174 g/mol. The van der Waals surface area contributed by atoms with E-state index in [2.05, 4.69) is 9.98 Å². The topological polar surface area (TPSA) is 58.9 Å². The summed E-state index contributed by atoms with van der Waals surface area (Å²) in [5, 5.41) is 0. The highest BCUT2D eigenvalue weighted by Gasteiger charge is 1.99. The number of nitrogens with zero attached hydrogens (tertiary/aromatic N) is 2. The smallest absolute Gasteiger partial charge is 0.211 e. The van der Waals surface area contributed by atoms with Crippen molar-refractivity contribution in [1.82, 2.24) is 0 Å². The van der Waals surface area contributed by atoms with Crippen LogP contribution in [-0.2, 0) is 9.59 Å². The van der Waals surface area contributed by atoms with Crippen molar-refractivity contribution in [2.45, 2.75) is 6.92 Å². The molecule has 0 aromatic heterocycles. The number of rotatable bonds is 2. The quantitative estimate of drug-likeness (QED) is 0.508. The highest BCUT2D eigenvalue weighted by molar-refractivity contribution is 5.68. The van der Waals surface area contributed by atoms with Crippen molar-refractivity contribution in [3.8, 4) is 0 Å². The first kappa shape index (κ1) is 9.07. The molecular weight excluding hydrogens is 168 g/mol. The lowest BCUT2D eigenvalue weighted by Crippen LogP contribution is -1.72. The van der Waals surface area contributed by atoms with Gasteiger partial charge in [-0.25, -0.2) is 9.59 Å². The Hall–Kier alpha value is -2.02. The van der Waals surface area contributed by atoms with Crippen LogP contribution in [0, 0.1) is 6.92 Å². The molecule has 0 saturated heterocycles. The van der Waals surface area contributed by atoms with Crippen LogP contribution in [0.2, 0.25) is 0 Å². The van der Waals surface area contributed by atoms with Crippen LogP contribution >= 0.6 is 0 Å². The van der Waals surface area contributed by atoms with Gasteiger partial charge in [0.15, 0.2) is 0 Å². The SMILES string of the molecule is Cc1ccc(N=C=O)c(N=C=O)c1. The first-order valence-corrected chi connectivity index (χ1v) is 3.54. The van der Waals surface area contributed by atoms with Crippen molar-refractivity contribution in [3.05, 3.63) is 23.8 Å². The van der Waals surface area contributed by atoms with Gasteiger partial charge in [-0.2, -0.15) is 9.98 Å². The maximum absolute atomic E-state index is 10.0. The second kappa shape index (κ2) is 4.12. The van der Waals surface area contributed by atoms with Gasteiger partial charge in [-0.3, -0.25) is 0 Å². The number of hydrogen-bond donors (Lipinski definition) is 0. The molecule has 0 fully saturated rings. The summed E-state index contributed by atoms with van der Waals surface area (Å²) >= 11 is 0. The number of hydrogen-bond acceptors (Lipinski definition) is 4. The van der Waals surface area contributed by atoms with Gasteiger partial charge in [0, 0.05) is 0 Å². The largest absolute Gasteiger partial charge is 0.240 e. The molecule has 1 aromatic rings. The summed E-state index contributed by atoms with van der Waals surface area (Å²) in [6, 6.07) is 5.00. The Balaban J connectivity index is 3.33. The summed E-state index contributed by atoms with van der Waals surface area (Å²) in [6.07, 6.45) is 2.78. The molecule has 4 nitrogen and oxygen atoms in total. The van der Waals surface area contributed by atoms with E-state index in [1.54, 1.807) is 18.2 Å². The van der Waals surface area contributed by atoms with E-state index in [-0.39, 0.29) is 0 Å². The zero-order valence-electron chi connectivity index (χ0n) is 6.94. The molecule has 1 aromatic carbocycles. The van der Waals surface area contributed by atoms with E-state index in [1.807, 2.05) is 6.92 Å². The lowest BCUT2D eigenvalue weighted by atomic mass is 10.2. The van der Waals surface area contributed by atoms with Gasteiger partial charge in [-0.05, 0) is 24.6 Å². The summed E-state index contributed by atoms with van der Waals surface area (Å²) in [5.74, 6) is 0. The van der Waals surface area contributed by atoms with Crippen LogP contribution in [0.3, 0.4) is 0 Å². The number of carbonyl (C=O) groups excluding carboxylic acids is 2. The molecule has 0 heterocycles. The first-order valence-electron chi connectivity index (χ1n) is 3.54. The molecule has 0 spiro atoms. The third-order valence-corrected chi connectivity index (χ3v) is 1.46. The third kappa shape index (κ3) is 2.20. The van der Waals surface area contributed by atoms with Gasteiger partial charge in [0.25, 0.3) is 0 Å². The molecule has 0 bridgehead atoms. The van der Waals surface area contributed by atoms with E-state index in [9.17, 15) is 9.59 Å². The second-order valence-corrected chi connectivity index (χ2v) is 2.40. The molecule has 0 aliphatic heterocycles. The van der Waals surface area contributed by atoms with E-state index in [0.29, 0.717) is 11.4 Å². The Labute approximate surface area is 74.6 Å². The highest BCUT2D eigenvalue weighted by atomic mass is 16.1. The van der Waals surface area contributed by atoms with Crippen LogP contribution in [0.4, 0.5) is 11.4 Å². The molecule has 0 saturated carbocycles. The van der Waals surface area contributed by atoms with Crippen LogP contribution in [0.1, 0.15) is 5.56 Å². The second-order valence-electron chi connectivity index (χ2n) is 2.40. The van der Waals surface area contributed by atoms with Gasteiger partial charge >= 0.3 is 0 Å². The van der Waals surface area contributed by atoms with Gasteiger partial charge in [0.1, 0.15) is 11.4 Å². The molecule has 0 N–H and O–H groups in total. The van der Waals surface area contributed by atoms with Crippen molar-refractivity contribution < 1.29 is 9.59 Å². The van der Waals surface area contributed by atoms with Crippen LogP contribution in [0.15, 0.2) is 28.2 Å². The number of aryl methyl sites for hydroxylation is 1. The Morgan fingerprint density at radius 2 is 1.69 bits per heavy atom. The zero-order valence-corrected chi connectivity index (χ0v) is 6.94. The molecule has 0 unspecified atom stereocenters. The van der Waals surface area contributed by atoms with Crippen LogP contribution < -0.4 is 0 Å². The van der Waals surface area contributed by atoms with Gasteiger partial charge < -0.3 is 0 Å². The van der Waals surface area contributed by atoms with Gasteiger partial charge in [-0.1, -0.05) is 6.07 Å². The fourth-order valence-electron chi connectivity index (χ4n) is 0.916. The van der Waals surface area contributed by atoms with E-state index in [1.165, 1.54) is 12.2 Å². The van der Waals surface area contributed by atoms with Crippen molar-refractivity contribution in [2.24, 2.45) is 9.98 Å². The van der Waals surface area contributed by atoms with Crippen molar-refractivity contribution in [3.63, 3.8) is 0 Å². The predicted octanol–water partition coefficient (Wildman–Crippen LogP) is 1.93. The first-order chi connectivity index (χ1) is 6.27. The standard InChI is InChI=1S/C9H6N2O2/c1-7-2-3-8(10-5-12)9(4-7)11-6-13/h2-4H,1H3. The minimum absolute atomic E-state index is 0.323. The normalized spacial score (nSPS) is 8.38. The summed E-state index contributed by atoms with van der Waals surface area (Å²) in [6.45, 7) is 1.85. The Bertz CT molecular complexity index is 414. The van der Waals surface area contributed by atoms with Crippen molar-refractivity contribution >= 4 is 23.5 Å². The number of isocyanates is 2. The van der Waals surface area contributed by atoms with E-state index >= 15 is 0 Å². The Morgan fingerprint density at radius 1 is 1.08 bits per heavy atom. The maximum atomic E-state index is 10.0. The molecule has 1 rings (SSSR count). The predicted molar refractivity (Wildman–Crippen MR) is 46.7 cm³/mol. The minimum atomic E-state index is 0.323. The fourth-order valence-corrected chi connectivity index (χ4v) is 0.916.